The van der Waals surface area contributed by atoms with Gasteiger partial charge in [-0.1, -0.05) is 13.8 Å². The number of hydrogen-bond acceptors (Lipinski definition) is 3. The molecule has 1 N–H and O–H groups in total. The van der Waals surface area contributed by atoms with Crippen molar-refractivity contribution < 1.29 is 9.21 Å². The molecule has 4 nitrogen and oxygen atoms in total. The van der Waals surface area contributed by atoms with Gasteiger partial charge in [0.05, 0.1) is 18.8 Å². The van der Waals surface area contributed by atoms with Crippen molar-refractivity contribution in [1.29, 1.82) is 0 Å². The third-order valence-corrected chi connectivity index (χ3v) is 2.79. The summed E-state index contributed by atoms with van der Waals surface area (Å²) < 4.78 is 5.27. The number of carbonyl (C=O) groups is 1. The average molecular weight is 252 g/mol. The molecule has 1 aromatic heterocycles. The van der Waals surface area contributed by atoms with Crippen LogP contribution in [-0.4, -0.2) is 30.4 Å². The largest absolute Gasteiger partial charge is 0.467 e. The maximum Gasteiger partial charge on any atom is 0.234 e. The van der Waals surface area contributed by atoms with Gasteiger partial charge in [0.25, 0.3) is 0 Å². The lowest BCUT2D eigenvalue weighted by molar-refractivity contribution is -0.123. The maximum absolute atomic E-state index is 11.9. The van der Waals surface area contributed by atoms with E-state index in [0.29, 0.717) is 6.54 Å². The van der Waals surface area contributed by atoms with Gasteiger partial charge in [-0.3, -0.25) is 9.69 Å². The minimum absolute atomic E-state index is 0.0563. The van der Waals surface area contributed by atoms with Crippen LogP contribution in [0.4, 0.5) is 0 Å². The number of furan rings is 1. The van der Waals surface area contributed by atoms with Gasteiger partial charge < -0.3 is 9.73 Å². The van der Waals surface area contributed by atoms with Crippen LogP contribution in [0.15, 0.2) is 22.8 Å². The molecule has 102 valence electrons. The SMILES string of the molecule is CCCN(CCC)CC(=O)N[C@@H](C)c1ccco1. The minimum Gasteiger partial charge on any atom is -0.467 e. The van der Waals surface area contributed by atoms with Crippen molar-refractivity contribution in [3.63, 3.8) is 0 Å². The number of nitrogens with one attached hydrogen (secondary N) is 1. The summed E-state index contributed by atoms with van der Waals surface area (Å²) in [4.78, 5) is 14.1. The van der Waals surface area contributed by atoms with Crippen LogP contribution >= 0.6 is 0 Å². The summed E-state index contributed by atoms with van der Waals surface area (Å²) in [6.07, 6.45) is 3.76. The van der Waals surface area contributed by atoms with E-state index < -0.39 is 0 Å². The van der Waals surface area contributed by atoms with Gasteiger partial charge in [0, 0.05) is 0 Å². The highest BCUT2D eigenvalue weighted by Gasteiger charge is 2.14. The summed E-state index contributed by atoms with van der Waals surface area (Å²) in [7, 11) is 0. The number of carbonyl (C=O) groups excluding carboxylic acids is 1. The first-order chi connectivity index (χ1) is 8.67. The highest BCUT2D eigenvalue weighted by Crippen LogP contribution is 2.11. The van der Waals surface area contributed by atoms with Crippen LogP contribution in [0.25, 0.3) is 0 Å². The topological polar surface area (TPSA) is 45.5 Å². The van der Waals surface area contributed by atoms with E-state index in [1.54, 1.807) is 6.26 Å². The van der Waals surface area contributed by atoms with Crippen LogP contribution < -0.4 is 5.32 Å². The minimum atomic E-state index is -0.0717. The van der Waals surface area contributed by atoms with Crippen molar-refractivity contribution >= 4 is 5.91 Å². The van der Waals surface area contributed by atoms with Crippen molar-refractivity contribution in [2.75, 3.05) is 19.6 Å². The van der Waals surface area contributed by atoms with Crippen molar-refractivity contribution in [2.24, 2.45) is 0 Å². The Hall–Kier alpha value is -1.29. The molecule has 0 aliphatic rings. The zero-order valence-corrected chi connectivity index (χ0v) is 11.6. The second kappa shape index (κ2) is 7.93. The molecular formula is C14H24N2O2. The molecule has 0 radical (unpaired) electrons. The zero-order chi connectivity index (χ0) is 13.4. The monoisotopic (exact) mass is 252 g/mol. The van der Waals surface area contributed by atoms with Gasteiger partial charge in [-0.15, -0.1) is 0 Å². The summed E-state index contributed by atoms with van der Waals surface area (Å²) in [5.74, 6) is 0.849. The van der Waals surface area contributed by atoms with E-state index in [9.17, 15) is 4.79 Å². The fourth-order valence-electron chi connectivity index (χ4n) is 2.00. The lowest BCUT2D eigenvalue weighted by atomic mass is 10.2. The Morgan fingerprint density at radius 1 is 1.39 bits per heavy atom. The highest BCUT2D eigenvalue weighted by molar-refractivity contribution is 5.78. The van der Waals surface area contributed by atoms with Crippen molar-refractivity contribution in [3.05, 3.63) is 24.2 Å². The van der Waals surface area contributed by atoms with Crippen LogP contribution in [0.1, 0.15) is 45.4 Å². The van der Waals surface area contributed by atoms with Gasteiger partial charge in [0.1, 0.15) is 5.76 Å². The second-order valence-electron chi connectivity index (χ2n) is 4.58. The van der Waals surface area contributed by atoms with Crippen molar-refractivity contribution in [2.45, 2.75) is 39.7 Å². The Bertz CT molecular complexity index is 330. The van der Waals surface area contributed by atoms with Gasteiger partial charge in [0.2, 0.25) is 5.91 Å². The lowest BCUT2D eigenvalue weighted by Gasteiger charge is -2.21. The van der Waals surface area contributed by atoms with Crippen LogP contribution in [-0.2, 0) is 4.79 Å². The molecule has 0 aliphatic heterocycles. The van der Waals surface area contributed by atoms with E-state index in [-0.39, 0.29) is 11.9 Å². The molecule has 18 heavy (non-hydrogen) atoms. The van der Waals surface area contributed by atoms with E-state index >= 15 is 0 Å². The predicted octanol–water partition coefficient (Wildman–Crippen LogP) is 2.58. The van der Waals surface area contributed by atoms with Crippen molar-refractivity contribution in [3.8, 4) is 0 Å². The second-order valence-corrected chi connectivity index (χ2v) is 4.58. The molecule has 1 atom stereocenters. The molecule has 0 unspecified atom stereocenters. The molecule has 0 aromatic carbocycles. The molecule has 0 saturated heterocycles. The van der Waals surface area contributed by atoms with E-state index in [0.717, 1.165) is 31.7 Å². The van der Waals surface area contributed by atoms with E-state index in [4.69, 9.17) is 4.42 Å². The lowest BCUT2D eigenvalue weighted by Crippen LogP contribution is -2.38. The first-order valence-electron chi connectivity index (χ1n) is 6.72. The van der Waals surface area contributed by atoms with Gasteiger partial charge >= 0.3 is 0 Å². The molecule has 1 aromatic rings. The van der Waals surface area contributed by atoms with Crippen LogP contribution in [0, 0.1) is 0 Å². The molecule has 0 bridgehead atoms. The molecule has 0 aliphatic carbocycles. The normalized spacial score (nSPS) is 12.7. The molecule has 0 spiro atoms. The average Bonchev–Trinajstić information content (AvgIpc) is 2.82. The van der Waals surface area contributed by atoms with Crippen molar-refractivity contribution in [1.82, 2.24) is 10.2 Å². The Kier molecular flexibility index (Phi) is 6.50. The van der Waals surface area contributed by atoms with Crippen LogP contribution in [0.2, 0.25) is 0 Å². The summed E-state index contributed by atoms with van der Waals surface area (Å²) in [5.41, 5.74) is 0. The molecular weight excluding hydrogens is 228 g/mol. The highest BCUT2D eigenvalue weighted by atomic mass is 16.3. The summed E-state index contributed by atoms with van der Waals surface area (Å²) in [5, 5.41) is 2.96. The van der Waals surface area contributed by atoms with Gasteiger partial charge in [0.15, 0.2) is 0 Å². The Morgan fingerprint density at radius 2 is 2.06 bits per heavy atom. The van der Waals surface area contributed by atoms with Gasteiger partial charge in [-0.2, -0.15) is 0 Å². The number of rotatable bonds is 8. The smallest absolute Gasteiger partial charge is 0.234 e. The maximum atomic E-state index is 11.9. The Labute approximate surface area is 109 Å². The van der Waals surface area contributed by atoms with Gasteiger partial charge in [-0.25, -0.2) is 0 Å². The van der Waals surface area contributed by atoms with Crippen LogP contribution in [0.5, 0.6) is 0 Å². The zero-order valence-electron chi connectivity index (χ0n) is 11.6. The summed E-state index contributed by atoms with van der Waals surface area (Å²) in [6, 6.07) is 3.64. The fourth-order valence-corrected chi connectivity index (χ4v) is 2.00. The Balaban J connectivity index is 2.39. The molecule has 0 saturated carbocycles. The first-order valence-corrected chi connectivity index (χ1v) is 6.72. The standard InChI is InChI=1S/C14H24N2O2/c1-4-8-16(9-5-2)11-14(17)15-12(3)13-7-6-10-18-13/h6-7,10,12H,4-5,8-9,11H2,1-3H3,(H,15,17)/t12-/m0/s1. The van der Waals surface area contributed by atoms with E-state index in [2.05, 4.69) is 24.1 Å². The number of hydrogen-bond donors (Lipinski definition) is 1. The number of nitrogens with zero attached hydrogens (tertiary/aromatic N) is 1. The van der Waals surface area contributed by atoms with Gasteiger partial charge in [-0.05, 0) is 45.0 Å². The molecule has 0 fully saturated rings. The predicted molar refractivity (Wildman–Crippen MR) is 72.3 cm³/mol. The Morgan fingerprint density at radius 3 is 2.56 bits per heavy atom. The quantitative estimate of drug-likeness (QED) is 0.773. The third-order valence-electron chi connectivity index (χ3n) is 2.79. The third kappa shape index (κ3) is 4.92. The molecule has 4 heteroatoms. The fraction of sp³-hybridized carbons (Fsp3) is 0.643. The molecule has 1 amide bonds. The first kappa shape index (κ1) is 14.8. The number of amides is 1. The van der Waals surface area contributed by atoms with E-state index in [1.165, 1.54) is 0 Å². The van der Waals surface area contributed by atoms with E-state index in [1.807, 2.05) is 19.1 Å². The molecule has 1 rings (SSSR count). The summed E-state index contributed by atoms with van der Waals surface area (Å²) in [6.45, 7) is 8.60. The summed E-state index contributed by atoms with van der Waals surface area (Å²) >= 11 is 0. The molecule has 1 heterocycles. The van der Waals surface area contributed by atoms with Crippen LogP contribution in [0.3, 0.4) is 0 Å².